The fraction of sp³-hybridized carbons (Fsp3) is 1.00. The van der Waals surface area contributed by atoms with Crippen LogP contribution in [0.25, 0.3) is 0 Å². The van der Waals surface area contributed by atoms with E-state index in [0.29, 0.717) is 5.41 Å². The van der Waals surface area contributed by atoms with Gasteiger partial charge in [-0.25, -0.2) is 0 Å². The third-order valence-corrected chi connectivity index (χ3v) is 3.33. The lowest BCUT2D eigenvalue weighted by molar-refractivity contribution is -0.0587. The molecule has 3 rings (SSSR count). The van der Waals surface area contributed by atoms with Gasteiger partial charge in [0.05, 0.1) is 0 Å². The Hall–Kier alpha value is -0.0800. The summed E-state index contributed by atoms with van der Waals surface area (Å²) in [5.41, 5.74) is 0.461. The van der Waals surface area contributed by atoms with Gasteiger partial charge in [-0.15, -0.1) is 0 Å². The second-order valence-electron chi connectivity index (χ2n) is 5.96. The summed E-state index contributed by atoms with van der Waals surface area (Å²) in [5.74, 6) is 0. The molecule has 0 N–H and O–H groups in total. The maximum absolute atomic E-state index is 2.64. The first kappa shape index (κ1) is 9.47. The summed E-state index contributed by atoms with van der Waals surface area (Å²) in [6.07, 6.45) is 1.44. The van der Waals surface area contributed by atoms with Crippen molar-refractivity contribution >= 4 is 0 Å². The molecule has 2 unspecified atom stereocenters. The van der Waals surface area contributed by atoms with E-state index in [-0.39, 0.29) is 0 Å². The number of piperazine rings is 1. The molecular formula is C11H22N2. The molecule has 2 heteroatoms. The summed E-state index contributed by atoms with van der Waals surface area (Å²) in [5, 5.41) is 0. The molecule has 2 nitrogen and oxygen atoms in total. The smallest absolute Gasteiger partial charge is 0.0238 e. The Morgan fingerprint density at radius 1 is 1.15 bits per heavy atom. The number of fused-ring (bicyclic) bond motifs is 2. The lowest BCUT2D eigenvalue weighted by Gasteiger charge is -2.55. The van der Waals surface area contributed by atoms with Crippen LogP contribution in [0.4, 0.5) is 0 Å². The van der Waals surface area contributed by atoms with Crippen LogP contribution in [-0.2, 0) is 0 Å². The molecular weight excluding hydrogens is 160 g/mol. The number of nitrogens with zero attached hydrogens (tertiary/aromatic N) is 2. The minimum absolute atomic E-state index is 0.461. The predicted octanol–water partition coefficient (Wildman–Crippen LogP) is 1.42. The van der Waals surface area contributed by atoms with Gasteiger partial charge in [-0.2, -0.15) is 0 Å². The first-order chi connectivity index (χ1) is 5.96. The molecule has 0 saturated carbocycles. The van der Waals surface area contributed by atoms with Crippen molar-refractivity contribution in [1.29, 1.82) is 0 Å². The third-order valence-electron chi connectivity index (χ3n) is 3.33. The van der Waals surface area contributed by atoms with E-state index in [1.165, 1.54) is 26.1 Å². The van der Waals surface area contributed by atoms with Gasteiger partial charge < -0.3 is 0 Å². The zero-order chi connectivity index (χ0) is 9.64. The van der Waals surface area contributed by atoms with E-state index in [1.54, 1.807) is 0 Å². The summed E-state index contributed by atoms with van der Waals surface area (Å²) < 4.78 is 0. The van der Waals surface area contributed by atoms with Crippen LogP contribution in [0.5, 0.6) is 0 Å². The largest absolute Gasteiger partial charge is 0.300 e. The molecule has 0 aromatic carbocycles. The van der Waals surface area contributed by atoms with Gasteiger partial charge in [0.25, 0.3) is 0 Å². The van der Waals surface area contributed by atoms with Crippen LogP contribution in [0.15, 0.2) is 0 Å². The maximum atomic E-state index is 2.64. The molecule has 3 saturated heterocycles. The van der Waals surface area contributed by atoms with Crippen LogP contribution in [0.2, 0.25) is 0 Å². The van der Waals surface area contributed by atoms with Crippen molar-refractivity contribution < 1.29 is 0 Å². The van der Waals surface area contributed by atoms with Gasteiger partial charge in [-0.3, -0.25) is 9.80 Å². The third kappa shape index (κ3) is 1.89. The minimum Gasteiger partial charge on any atom is -0.300 e. The molecule has 0 aliphatic carbocycles. The highest BCUT2D eigenvalue weighted by Crippen LogP contribution is 2.31. The average Bonchev–Trinajstić information content (AvgIpc) is 2.00. The Bertz CT molecular complexity index is 183. The summed E-state index contributed by atoms with van der Waals surface area (Å²) in [7, 11) is 2.27. The highest BCUT2D eigenvalue weighted by molar-refractivity contribution is 4.99. The van der Waals surface area contributed by atoms with Crippen molar-refractivity contribution in [2.24, 2.45) is 5.41 Å². The van der Waals surface area contributed by atoms with E-state index in [4.69, 9.17) is 0 Å². The number of hydrogen-bond donors (Lipinski definition) is 0. The number of piperidine rings is 1. The first-order valence-corrected chi connectivity index (χ1v) is 5.40. The van der Waals surface area contributed by atoms with E-state index in [1.807, 2.05) is 0 Å². The van der Waals surface area contributed by atoms with Crippen LogP contribution in [0, 0.1) is 5.41 Å². The highest BCUT2D eigenvalue weighted by Gasteiger charge is 2.42. The van der Waals surface area contributed by atoms with Gasteiger partial charge in [0.15, 0.2) is 0 Å². The van der Waals surface area contributed by atoms with Crippen LogP contribution < -0.4 is 0 Å². The Morgan fingerprint density at radius 3 is 2.08 bits per heavy atom. The standard InChI is InChI=1S/C11H22N2/c1-11(2,3)8-13-6-9-5-10(7-13)12(9)4/h9-10H,5-8H2,1-4H3. The molecule has 0 spiro atoms. The SMILES string of the molecule is CN1C2CC1CN(CC(C)(C)C)C2. The number of rotatable bonds is 1. The summed E-state index contributed by atoms with van der Waals surface area (Å²) in [6.45, 7) is 10.8. The molecule has 0 amide bonds. The van der Waals surface area contributed by atoms with E-state index in [2.05, 4.69) is 37.6 Å². The lowest BCUT2D eigenvalue weighted by Crippen LogP contribution is -2.67. The molecule has 3 heterocycles. The van der Waals surface area contributed by atoms with Gasteiger partial charge in [0.1, 0.15) is 0 Å². The second-order valence-corrected chi connectivity index (χ2v) is 5.96. The molecule has 0 aromatic heterocycles. The fourth-order valence-electron chi connectivity index (χ4n) is 2.68. The first-order valence-electron chi connectivity index (χ1n) is 5.40. The minimum atomic E-state index is 0.461. The average molecular weight is 182 g/mol. The summed E-state index contributed by atoms with van der Waals surface area (Å²) in [4.78, 5) is 5.18. The Kier molecular flexibility index (Phi) is 2.16. The monoisotopic (exact) mass is 182 g/mol. The Balaban J connectivity index is 1.85. The predicted molar refractivity (Wildman–Crippen MR) is 55.9 cm³/mol. The van der Waals surface area contributed by atoms with Gasteiger partial charge in [-0.05, 0) is 18.9 Å². The number of hydrogen-bond acceptors (Lipinski definition) is 2. The van der Waals surface area contributed by atoms with Gasteiger partial charge in [0, 0.05) is 31.7 Å². The molecule has 13 heavy (non-hydrogen) atoms. The topological polar surface area (TPSA) is 6.48 Å². The van der Waals surface area contributed by atoms with Crippen molar-refractivity contribution in [3.05, 3.63) is 0 Å². The molecule has 3 fully saturated rings. The van der Waals surface area contributed by atoms with Crippen LogP contribution in [0.1, 0.15) is 27.2 Å². The van der Waals surface area contributed by atoms with Crippen molar-refractivity contribution in [3.8, 4) is 0 Å². The van der Waals surface area contributed by atoms with Crippen LogP contribution >= 0.6 is 0 Å². The fourth-order valence-corrected chi connectivity index (χ4v) is 2.68. The Labute approximate surface area is 81.9 Å². The van der Waals surface area contributed by atoms with Crippen molar-refractivity contribution in [3.63, 3.8) is 0 Å². The number of likely N-dealkylation sites (N-methyl/N-ethyl adjacent to an activating group) is 1. The van der Waals surface area contributed by atoms with Gasteiger partial charge in [0.2, 0.25) is 0 Å². The zero-order valence-electron chi connectivity index (χ0n) is 9.38. The van der Waals surface area contributed by atoms with Crippen LogP contribution in [0.3, 0.4) is 0 Å². The highest BCUT2D eigenvalue weighted by atomic mass is 15.3. The van der Waals surface area contributed by atoms with E-state index in [9.17, 15) is 0 Å². The van der Waals surface area contributed by atoms with E-state index in [0.717, 1.165) is 12.1 Å². The van der Waals surface area contributed by atoms with Crippen molar-refractivity contribution in [1.82, 2.24) is 9.80 Å². The normalized spacial score (nSPS) is 36.0. The second kappa shape index (κ2) is 2.96. The lowest BCUT2D eigenvalue weighted by atomic mass is 9.86. The molecule has 2 bridgehead atoms. The summed E-state index contributed by atoms with van der Waals surface area (Å²) >= 11 is 0. The van der Waals surface area contributed by atoms with Crippen molar-refractivity contribution in [2.75, 3.05) is 26.7 Å². The van der Waals surface area contributed by atoms with Gasteiger partial charge in [-0.1, -0.05) is 20.8 Å². The Morgan fingerprint density at radius 2 is 1.69 bits per heavy atom. The van der Waals surface area contributed by atoms with Crippen molar-refractivity contribution in [2.45, 2.75) is 39.3 Å². The molecule has 2 atom stereocenters. The summed E-state index contributed by atoms with van der Waals surface area (Å²) in [6, 6.07) is 1.72. The molecule has 3 aliphatic rings. The van der Waals surface area contributed by atoms with E-state index < -0.39 is 0 Å². The van der Waals surface area contributed by atoms with Gasteiger partial charge >= 0.3 is 0 Å². The zero-order valence-corrected chi connectivity index (χ0v) is 9.38. The molecule has 3 aliphatic heterocycles. The molecule has 0 aromatic rings. The molecule has 76 valence electrons. The maximum Gasteiger partial charge on any atom is 0.0238 e. The molecule has 0 radical (unpaired) electrons. The van der Waals surface area contributed by atoms with E-state index >= 15 is 0 Å². The van der Waals surface area contributed by atoms with Crippen LogP contribution in [-0.4, -0.2) is 48.6 Å². The quantitative estimate of drug-likeness (QED) is 0.605.